The highest BCUT2D eigenvalue weighted by Crippen LogP contribution is 2.32. The number of nitrogens with zero attached hydrogens (tertiary/aromatic N) is 5. The Labute approximate surface area is 202 Å². The molecule has 1 aromatic carbocycles. The number of cyclic esters (lactones) is 1. The summed E-state index contributed by atoms with van der Waals surface area (Å²) in [4.78, 5) is 28.9. The summed E-state index contributed by atoms with van der Waals surface area (Å²) >= 11 is 0. The van der Waals surface area contributed by atoms with Gasteiger partial charge in [0.2, 0.25) is 5.91 Å². The first-order valence-corrected chi connectivity index (χ1v) is 15.5. The number of hydrogen-bond acceptors (Lipinski definition) is 7. The Hall–Kier alpha value is -2.59. The van der Waals surface area contributed by atoms with Crippen molar-refractivity contribution in [3.8, 4) is 0 Å². The van der Waals surface area contributed by atoms with E-state index in [9.17, 15) is 9.59 Å². The topological polar surface area (TPSA) is 99.4 Å². The standard InChI is InChI=1S/C24H37N5O4Si/c1-24(2,3)20(15-21-25-27-28(26-21)17-32-12-13-34(4,5)6)22(30)29-19(16-33-23(29)31)14-18-10-8-7-9-11-18/h7-11,19-20H,12-17H2,1-6H3. The van der Waals surface area contributed by atoms with Crippen LogP contribution in [0.2, 0.25) is 25.7 Å². The Morgan fingerprint density at radius 3 is 2.59 bits per heavy atom. The van der Waals surface area contributed by atoms with Gasteiger partial charge in [-0.1, -0.05) is 70.7 Å². The lowest BCUT2D eigenvalue weighted by Crippen LogP contribution is -2.47. The fraction of sp³-hybridized carbons (Fsp3) is 0.625. The van der Waals surface area contributed by atoms with Crippen molar-refractivity contribution < 1.29 is 19.1 Å². The fourth-order valence-corrected chi connectivity index (χ4v) is 4.58. The third-order valence-corrected chi connectivity index (χ3v) is 7.64. The van der Waals surface area contributed by atoms with Crippen LogP contribution in [0.5, 0.6) is 0 Å². The average molecular weight is 488 g/mol. The molecule has 1 aliphatic heterocycles. The van der Waals surface area contributed by atoms with Gasteiger partial charge in [-0.05, 0) is 28.7 Å². The van der Waals surface area contributed by atoms with Crippen LogP contribution in [-0.4, -0.2) is 64.4 Å². The number of imide groups is 1. The molecule has 0 spiro atoms. The summed E-state index contributed by atoms with van der Waals surface area (Å²) in [7, 11) is -1.17. The molecule has 2 heterocycles. The first-order valence-electron chi connectivity index (χ1n) is 11.8. The fourth-order valence-electron chi connectivity index (χ4n) is 3.82. The molecule has 3 rings (SSSR count). The predicted molar refractivity (Wildman–Crippen MR) is 131 cm³/mol. The molecule has 0 radical (unpaired) electrons. The van der Waals surface area contributed by atoms with E-state index in [1.165, 1.54) is 9.70 Å². The SMILES string of the molecule is CC(C)(C)C(Cc1nnn(COCC[Si](C)(C)C)n1)C(=O)N1C(=O)OCC1Cc1ccccc1. The number of amides is 2. The molecular weight excluding hydrogens is 450 g/mol. The first kappa shape index (κ1) is 26.0. The van der Waals surface area contributed by atoms with E-state index in [-0.39, 0.29) is 31.7 Å². The van der Waals surface area contributed by atoms with Crippen LogP contribution in [0.25, 0.3) is 0 Å². The van der Waals surface area contributed by atoms with Gasteiger partial charge < -0.3 is 9.47 Å². The maximum Gasteiger partial charge on any atom is 0.416 e. The Bertz CT molecular complexity index is 968. The number of carbonyl (C=O) groups is 2. The summed E-state index contributed by atoms with van der Waals surface area (Å²) in [6, 6.07) is 10.5. The van der Waals surface area contributed by atoms with E-state index >= 15 is 0 Å². The van der Waals surface area contributed by atoms with Crippen molar-refractivity contribution >= 4 is 20.1 Å². The molecule has 0 N–H and O–H groups in total. The van der Waals surface area contributed by atoms with E-state index in [2.05, 4.69) is 35.1 Å². The Morgan fingerprint density at radius 1 is 1.24 bits per heavy atom. The van der Waals surface area contributed by atoms with Gasteiger partial charge in [-0.2, -0.15) is 0 Å². The molecule has 2 atom stereocenters. The third-order valence-electron chi connectivity index (χ3n) is 5.94. The predicted octanol–water partition coefficient (Wildman–Crippen LogP) is 3.78. The number of carbonyl (C=O) groups excluding carboxylic acids is 2. The minimum atomic E-state index is -1.17. The van der Waals surface area contributed by atoms with E-state index < -0.39 is 25.5 Å². The highest BCUT2D eigenvalue weighted by Gasteiger charge is 2.44. The highest BCUT2D eigenvalue weighted by atomic mass is 28.3. The van der Waals surface area contributed by atoms with Crippen LogP contribution >= 0.6 is 0 Å². The summed E-state index contributed by atoms with van der Waals surface area (Å²) in [5, 5.41) is 12.6. The normalized spacial score (nSPS) is 17.6. The van der Waals surface area contributed by atoms with E-state index in [1.54, 1.807) is 0 Å². The van der Waals surface area contributed by atoms with E-state index in [0.29, 0.717) is 18.9 Å². The summed E-state index contributed by atoms with van der Waals surface area (Å²) in [5.74, 6) is -0.324. The highest BCUT2D eigenvalue weighted by molar-refractivity contribution is 6.76. The maximum atomic E-state index is 13.6. The lowest BCUT2D eigenvalue weighted by molar-refractivity contribution is -0.137. The zero-order chi connectivity index (χ0) is 24.9. The molecule has 2 amide bonds. The van der Waals surface area contributed by atoms with Gasteiger partial charge in [0.15, 0.2) is 12.6 Å². The summed E-state index contributed by atoms with van der Waals surface area (Å²) in [5.41, 5.74) is 0.631. The van der Waals surface area contributed by atoms with Crippen LogP contribution in [0, 0.1) is 11.3 Å². The van der Waals surface area contributed by atoms with E-state index in [0.717, 1.165) is 11.6 Å². The molecule has 1 aliphatic rings. The molecule has 2 aromatic rings. The quantitative estimate of drug-likeness (QED) is 0.371. The van der Waals surface area contributed by atoms with Crippen LogP contribution in [0.15, 0.2) is 30.3 Å². The Morgan fingerprint density at radius 2 is 1.94 bits per heavy atom. The van der Waals surface area contributed by atoms with Crippen LogP contribution in [0.4, 0.5) is 4.79 Å². The molecule has 1 aromatic heterocycles. The second kappa shape index (κ2) is 10.8. The third kappa shape index (κ3) is 7.20. The van der Waals surface area contributed by atoms with Gasteiger partial charge in [-0.25, -0.2) is 9.69 Å². The van der Waals surface area contributed by atoms with Crippen molar-refractivity contribution in [1.82, 2.24) is 25.1 Å². The van der Waals surface area contributed by atoms with Crippen molar-refractivity contribution in [3.63, 3.8) is 0 Å². The van der Waals surface area contributed by atoms with Crippen molar-refractivity contribution in [2.45, 2.75) is 72.1 Å². The first-order chi connectivity index (χ1) is 15.9. The van der Waals surface area contributed by atoms with Gasteiger partial charge in [-0.3, -0.25) is 4.79 Å². The van der Waals surface area contributed by atoms with Crippen LogP contribution in [0.1, 0.15) is 32.2 Å². The van der Waals surface area contributed by atoms with Crippen LogP contribution < -0.4 is 0 Å². The summed E-state index contributed by atoms with van der Waals surface area (Å²) in [6.07, 6.45) is 0.241. The monoisotopic (exact) mass is 487 g/mol. The number of aromatic nitrogens is 4. The minimum Gasteiger partial charge on any atom is -0.447 e. The van der Waals surface area contributed by atoms with Crippen LogP contribution in [-0.2, 0) is 33.8 Å². The van der Waals surface area contributed by atoms with E-state index in [1.807, 2.05) is 51.1 Å². The van der Waals surface area contributed by atoms with Crippen molar-refractivity contribution in [2.75, 3.05) is 13.2 Å². The maximum absolute atomic E-state index is 13.6. The van der Waals surface area contributed by atoms with Crippen LogP contribution in [0.3, 0.4) is 0 Å². The van der Waals surface area contributed by atoms with Gasteiger partial charge in [0.1, 0.15) is 6.61 Å². The molecule has 34 heavy (non-hydrogen) atoms. The Kier molecular flexibility index (Phi) is 8.24. The molecule has 0 bridgehead atoms. The molecule has 2 unspecified atom stereocenters. The van der Waals surface area contributed by atoms with Gasteiger partial charge in [0, 0.05) is 21.1 Å². The second-order valence-corrected chi connectivity index (χ2v) is 16.8. The van der Waals surface area contributed by atoms with Gasteiger partial charge in [0.25, 0.3) is 0 Å². The number of hydrogen-bond donors (Lipinski definition) is 0. The van der Waals surface area contributed by atoms with Gasteiger partial charge in [-0.15, -0.1) is 15.0 Å². The molecular formula is C24H37N5O4Si. The number of rotatable bonds is 10. The second-order valence-electron chi connectivity index (χ2n) is 11.2. The summed E-state index contributed by atoms with van der Waals surface area (Å²) < 4.78 is 11.0. The molecule has 10 heteroatoms. The van der Waals surface area contributed by atoms with E-state index in [4.69, 9.17) is 9.47 Å². The van der Waals surface area contributed by atoms with Gasteiger partial charge >= 0.3 is 6.09 Å². The largest absolute Gasteiger partial charge is 0.447 e. The van der Waals surface area contributed by atoms with Gasteiger partial charge in [0.05, 0.1) is 12.0 Å². The molecule has 9 nitrogen and oxygen atoms in total. The Balaban J connectivity index is 1.68. The lowest BCUT2D eigenvalue weighted by atomic mass is 9.77. The molecule has 186 valence electrons. The molecule has 1 saturated heterocycles. The molecule has 0 aliphatic carbocycles. The molecule has 0 saturated carbocycles. The summed E-state index contributed by atoms with van der Waals surface area (Å²) in [6.45, 7) is 13.9. The number of benzene rings is 1. The zero-order valence-corrected chi connectivity index (χ0v) is 22.2. The molecule has 1 fully saturated rings. The lowest BCUT2D eigenvalue weighted by Gasteiger charge is -2.32. The van der Waals surface area contributed by atoms with Crippen molar-refractivity contribution in [2.24, 2.45) is 11.3 Å². The number of ether oxygens (including phenoxy) is 2. The number of tetrazole rings is 1. The zero-order valence-electron chi connectivity index (χ0n) is 21.2. The van der Waals surface area contributed by atoms with Crippen molar-refractivity contribution in [3.05, 3.63) is 41.7 Å². The minimum absolute atomic E-state index is 0.194. The average Bonchev–Trinajstić information content (AvgIpc) is 3.34. The smallest absolute Gasteiger partial charge is 0.416 e. The van der Waals surface area contributed by atoms with Crippen molar-refractivity contribution in [1.29, 1.82) is 0 Å².